The lowest BCUT2D eigenvalue weighted by atomic mass is 10.0. The summed E-state index contributed by atoms with van der Waals surface area (Å²) in [7, 11) is 0. The van der Waals surface area contributed by atoms with E-state index in [2.05, 4.69) is 16.0 Å². The molecule has 12 N–H and O–H groups in total. The van der Waals surface area contributed by atoms with Crippen molar-refractivity contribution in [3.63, 3.8) is 0 Å². The van der Waals surface area contributed by atoms with Gasteiger partial charge in [-0.2, -0.15) is 0 Å². The number of phenolic OH excluding ortho intramolecular Hbond substituents is 1. The molecule has 0 radical (unpaired) electrons. The molecule has 0 fully saturated rings. The van der Waals surface area contributed by atoms with Crippen molar-refractivity contribution in [3.05, 3.63) is 29.8 Å². The fraction of sp³-hybridized carbons (Fsp3) is 0.500. The summed E-state index contributed by atoms with van der Waals surface area (Å²) in [5.41, 5.74) is 16.7. The van der Waals surface area contributed by atoms with E-state index in [1.165, 1.54) is 24.3 Å². The van der Waals surface area contributed by atoms with Gasteiger partial charge in [-0.1, -0.05) is 12.1 Å². The first-order chi connectivity index (χ1) is 18.3. The lowest BCUT2D eigenvalue weighted by Crippen LogP contribution is -2.57. The molecule has 216 valence electrons. The molecule has 4 amide bonds. The average molecular weight is 553 g/mol. The molecule has 0 heterocycles. The molecular weight excluding hydrogens is 516 g/mol. The van der Waals surface area contributed by atoms with Crippen LogP contribution in [-0.2, 0) is 35.2 Å². The van der Waals surface area contributed by atoms with Crippen molar-refractivity contribution in [2.24, 2.45) is 17.2 Å². The first-order valence-electron chi connectivity index (χ1n) is 12.2. The zero-order valence-electron chi connectivity index (χ0n) is 21.3. The molecule has 15 nitrogen and oxygen atoms in total. The van der Waals surface area contributed by atoms with Crippen molar-refractivity contribution in [2.45, 2.75) is 69.1 Å². The molecule has 0 aliphatic carbocycles. The summed E-state index contributed by atoms with van der Waals surface area (Å²) in [6.45, 7) is 0.293. The number of carboxylic acid groups (broad SMARTS) is 2. The smallest absolute Gasteiger partial charge is 0.326 e. The van der Waals surface area contributed by atoms with Crippen LogP contribution in [0.15, 0.2) is 24.3 Å². The monoisotopic (exact) mass is 552 g/mol. The highest BCUT2D eigenvalue weighted by molar-refractivity contribution is 5.95. The number of carbonyl (C=O) groups is 6. The first-order valence-corrected chi connectivity index (χ1v) is 12.2. The molecule has 1 aromatic rings. The van der Waals surface area contributed by atoms with E-state index in [0.717, 1.165) is 0 Å². The Balaban J connectivity index is 3.02. The molecule has 15 heteroatoms. The van der Waals surface area contributed by atoms with Crippen molar-refractivity contribution < 1.29 is 44.1 Å². The second-order valence-electron chi connectivity index (χ2n) is 8.89. The minimum atomic E-state index is -1.62. The van der Waals surface area contributed by atoms with Crippen LogP contribution >= 0.6 is 0 Å². The highest BCUT2D eigenvalue weighted by Crippen LogP contribution is 2.12. The average Bonchev–Trinajstić information content (AvgIpc) is 2.86. The fourth-order valence-corrected chi connectivity index (χ4v) is 3.47. The lowest BCUT2D eigenvalue weighted by molar-refractivity contribution is -0.143. The number of carbonyl (C=O) groups excluding carboxylic acids is 4. The molecular formula is C24H36N6O9. The molecule has 0 saturated heterocycles. The van der Waals surface area contributed by atoms with Gasteiger partial charge in [0.25, 0.3) is 0 Å². The number of primary amides is 1. The Morgan fingerprint density at radius 2 is 1.36 bits per heavy atom. The molecule has 0 spiro atoms. The van der Waals surface area contributed by atoms with Gasteiger partial charge in [0.05, 0.1) is 12.5 Å². The minimum Gasteiger partial charge on any atom is -0.508 e. The zero-order valence-corrected chi connectivity index (χ0v) is 21.3. The van der Waals surface area contributed by atoms with E-state index in [4.69, 9.17) is 17.2 Å². The Morgan fingerprint density at radius 1 is 0.795 bits per heavy atom. The molecule has 1 aromatic carbocycles. The standard InChI is InChI=1S/C24H36N6O9/c25-10-2-1-3-16(22(36)30-18(24(38)39)11-13-4-6-14(31)7-5-13)28-23(37)17(12-20(33)34)29-21(35)15(26)8-9-19(27)32/h4-7,15-18,31H,1-3,8-12,25-26H2,(H2,27,32)(H,28,37)(H,29,35)(H,30,36)(H,33,34)(H,38,39). The molecule has 0 aliphatic rings. The first kappa shape index (κ1) is 32.8. The summed E-state index contributed by atoms with van der Waals surface area (Å²) in [6.07, 6.45) is -0.390. The SMILES string of the molecule is NCCCCC(NC(=O)C(CC(=O)O)NC(=O)C(N)CCC(N)=O)C(=O)NC(Cc1ccc(O)cc1)C(=O)O. The highest BCUT2D eigenvalue weighted by atomic mass is 16.4. The number of aliphatic carboxylic acids is 2. The van der Waals surface area contributed by atoms with Crippen LogP contribution in [0, 0.1) is 0 Å². The maximum Gasteiger partial charge on any atom is 0.326 e. The van der Waals surface area contributed by atoms with Gasteiger partial charge >= 0.3 is 11.9 Å². The second kappa shape index (κ2) is 16.6. The van der Waals surface area contributed by atoms with Crippen molar-refractivity contribution in [1.82, 2.24) is 16.0 Å². The molecule has 0 bridgehead atoms. The molecule has 0 aromatic heterocycles. The van der Waals surface area contributed by atoms with Gasteiger partial charge in [-0.15, -0.1) is 0 Å². The summed E-state index contributed by atoms with van der Waals surface area (Å²) < 4.78 is 0. The highest BCUT2D eigenvalue weighted by Gasteiger charge is 2.31. The van der Waals surface area contributed by atoms with E-state index in [9.17, 15) is 44.1 Å². The molecule has 39 heavy (non-hydrogen) atoms. The van der Waals surface area contributed by atoms with E-state index >= 15 is 0 Å². The molecule has 0 aliphatic heterocycles. The third-order valence-corrected chi connectivity index (χ3v) is 5.62. The second-order valence-corrected chi connectivity index (χ2v) is 8.89. The number of nitrogens with one attached hydrogen (secondary N) is 3. The number of amides is 4. The van der Waals surface area contributed by atoms with Gasteiger partial charge < -0.3 is 48.5 Å². The Morgan fingerprint density at radius 3 is 1.90 bits per heavy atom. The predicted octanol–water partition coefficient (Wildman–Crippen LogP) is -2.33. The summed E-state index contributed by atoms with van der Waals surface area (Å²) in [4.78, 5) is 72.4. The maximum atomic E-state index is 13.0. The van der Waals surface area contributed by atoms with E-state index in [-0.39, 0.29) is 31.4 Å². The van der Waals surface area contributed by atoms with E-state index < -0.39 is 66.2 Å². The number of hydrogen-bond acceptors (Lipinski definition) is 9. The number of unbranched alkanes of at least 4 members (excludes halogenated alkanes) is 1. The summed E-state index contributed by atoms with van der Waals surface area (Å²) in [5, 5.41) is 35.2. The van der Waals surface area contributed by atoms with Crippen LogP contribution in [0.3, 0.4) is 0 Å². The van der Waals surface area contributed by atoms with Gasteiger partial charge in [-0.05, 0) is 49.9 Å². The molecule has 1 rings (SSSR count). The van der Waals surface area contributed by atoms with E-state index in [1.807, 2.05) is 0 Å². The lowest BCUT2D eigenvalue weighted by Gasteiger charge is -2.25. The van der Waals surface area contributed by atoms with Crippen LogP contribution in [0.25, 0.3) is 0 Å². The van der Waals surface area contributed by atoms with Crippen LogP contribution in [-0.4, -0.2) is 81.6 Å². The summed E-state index contributed by atoms with van der Waals surface area (Å²) in [5.74, 6) is -6.24. The quantitative estimate of drug-likeness (QED) is 0.0871. The zero-order chi connectivity index (χ0) is 29.5. The Labute approximate surface area is 224 Å². The van der Waals surface area contributed by atoms with Gasteiger partial charge in [0, 0.05) is 12.8 Å². The number of carboxylic acids is 2. The maximum absolute atomic E-state index is 13.0. The third kappa shape index (κ3) is 12.7. The third-order valence-electron chi connectivity index (χ3n) is 5.62. The predicted molar refractivity (Wildman–Crippen MR) is 137 cm³/mol. The number of rotatable bonds is 18. The van der Waals surface area contributed by atoms with Crippen molar-refractivity contribution >= 4 is 35.6 Å². The van der Waals surface area contributed by atoms with Crippen molar-refractivity contribution in [2.75, 3.05) is 6.54 Å². The van der Waals surface area contributed by atoms with Gasteiger partial charge in [0.1, 0.15) is 23.9 Å². The molecule has 4 unspecified atom stereocenters. The minimum absolute atomic E-state index is 0.0193. The summed E-state index contributed by atoms with van der Waals surface area (Å²) in [6, 6.07) is 0.186. The Bertz CT molecular complexity index is 1020. The van der Waals surface area contributed by atoms with Crippen molar-refractivity contribution in [3.8, 4) is 5.75 Å². The van der Waals surface area contributed by atoms with Crippen LogP contribution in [0.4, 0.5) is 0 Å². The van der Waals surface area contributed by atoms with Crippen LogP contribution in [0.5, 0.6) is 5.75 Å². The van der Waals surface area contributed by atoms with E-state index in [1.54, 1.807) is 0 Å². The largest absolute Gasteiger partial charge is 0.508 e. The number of phenols is 1. The Kier molecular flexibility index (Phi) is 13.9. The molecule has 0 saturated carbocycles. The normalized spacial score (nSPS) is 13.8. The number of benzene rings is 1. The summed E-state index contributed by atoms with van der Waals surface area (Å²) >= 11 is 0. The number of hydrogen-bond donors (Lipinski definition) is 9. The van der Waals surface area contributed by atoms with Gasteiger partial charge in [0.2, 0.25) is 23.6 Å². The van der Waals surface area contributed by atoms with E-state index in [0.29, 0.717) is 24.9 Å². The van der Waals surface area contributed by atoms with Crippen LogP contribution in [0.2, 0.25) is 0 Å². The molecule has 4 atom stereocenters. The van der Waals surface area contributed by atoms with Gasteiger partial charge in [-0.3, -0.25) is 24.0 Å². The number of nitrogens with two attached hydrogens (primary N) is 3. The van der Waals surface area contributed by atoms with Crippen molar-refractivity contribution in [1.29, 1.82) is 0 Å². The topological polar surface area (TPSA) is 277 Å². The number of aromatic hydroxyl groups is 1. The van der Waals surface area contributed by atoms with Crippen LogP contribution < -0.4 is 33.2 Å². The van der Waals surface area contributed by atoms with Crippen LogP contribution in [0.1, 0.15) is 44.1 Å². The van der Waals surface area contributed by atoms with Gasteiger partial charge in [-0.25, -0.2) is 4.79 Å². The van der Waals surface area contributed by atoms with Gasteiger partial charge in [0.15, 0.2) is 0 Å². The Hall–Kier alpha value is -4.24. The fourth-order valence-electron chi connectivity index (χ4n) is 3.47.